The second-order valence-corrected chi connectivity index (χ2v) is 16.5. The van der Waals surface area contributed by atoms with Gasteiger partial charge in [0.2, 0.25) is 0 Å². The van der Waals surface area contributed by atoms with Crippen molar-refractivity contribution in [3.8, 4) is 0 Å². The fourth-order valence-corrected chi connectivity index (χ4v) is 7.22. The first-order valence-electron chi connectivity index (χ1n) is 24.2. The zero-order chi connectivity index (χ0) is 40.0. The number of hydrogen-bond donors (Lipinski definition) is 2. The Balaban J connectivity index is 0. The van der Waals surface area contributed by atoms with Crippen molar-refractivity contribution >= 4 is 11.9 Å². The van der Waals surface area contributed by atoms with Crippen molar-refractivity contribution in [2.75, 3.05) is 26.3 Å². The number of carbonyl (C=O) groups excluding carboxylic acids is 2. The SMILES string of the molecule is CCCCCCCCC(CCCCCC)COC(=O)CCCCCCCN.CCCCCCCCC(CCCCCC)COC(=O)CCCCCCCN. The lowest BCUT2D eigenvalue weighted by molar-refractivity contribution is -0.146. The van der Waals surface area contributed by atoms with Crippen molar-refractivity contribution in [3.05, 3.63) is 0 Å². The predicted octanol–water partition coefficient (Wildman–Crippen LogP) is 14.3. The minimum Gasteiger partial charge on any atom is -0.465 e. The van der Waals surface area contributed by atoms with Gasteiger partial charge in [-0.15, -0.1) is 0 Å². The molecule has 2 unspecified atom stereocenters. The van der Waals surface area contributed by atoms with E-state index in [1.165, 1.54) is 180 Å². The minimum absolute atomic E-state index is 0.00956. The van der Waals surface area contributed by atoms with Gasteiger partial charge in [0, 0.05) is 12.8 Å². The fraction of sp³-hybridized carbons (Fsp3) is 0.958. The van der Waals surface area contributed by atoms with E-state index in [0.29, 0.717) is 37.9 Å². The van der Waals surface area contributed by atoms with E-state index in [2.05, 4.69) is 27.7 Å². The summed E-state index contributed by atoms with van der Waals surface area (Å²) in [5.74, 6) is 1.16. The van der Waals surface area contributed by atoms with E-state index in [4.69, 9.17) is 20.9 Å². The normalized spacial score (nSPS) is 12.3. The molecule has 0 heterocycles. The van der Waals surface area contributed by atoms with E-state index in [1.54, 1.807) is 0 Å². The lowest BCUT2D eigenvalue weighted by Crippen LogP contribution is -2.14. The number of hydrogen-bond acceptors (Lipinski definition) is 6. The third-order valence-corrected chi connectivity index (χ3v) is 11.0. The highest BCUT2D eigenvalue weighted by Crippen LogP contribution is 2.21. The largest absolute Gasteiger partial charge is 0.465 e. The van der Waals surface area contributed by atoms with Crippen LogP contribution < -0.4 is 11.5 Å². The lowest BCUT2D eigenvalue weighted by Gasteiger charge is -2.17. The molecule has 0 aliphatic carbocycles. The molecule has 324 valence electrons. The van der Waals surface area contributed by atoms with E-state index >= 15 is 0 Å². The van der Waals surface area contributed by atoms with Gasteiger partial charge in [-0.05, 0) is 76.3 Å². The van der Waals surface area contributed by atoms with E-state index < -0.39 is 0 Å². The van der Waals surface area contributed by atoms with Gasteiger partial charge in [-0.2, -0.15) is 0 Å². The van der Waals surface area contributed by atoms with Gasteiger partial charge in [0.15, 0.2) is 0 Å². The average Bonchev–Trinajstić information content (AvgIpc) is 3.18. The maximum absolute atomic E-state index is 12.0. The molecular weight excluding hydrogens is 669 g/mol. The molecule has 0 fully saturated rings. The molecular formula is C48H98N2O4. The molecule has 0 aliphatic rings. The van der Waals surface area contributed by atoms with Crippen molar-refractivity contribution in [1.29, 1.82) is 0 Å². The Labute approximate surface area is 338 Å². The number of nitrogens with two attached hydrogens (primary N) is 2. The van der Waals surface area contributed by atoms with Gasteiger partial charge < -0.3 is 20.9 Å². The van der Waals surface area contributed by atoms with Gasteiger partial charge in [0.25, 0.3) is 0 Å². The summed E-state index contributed by atoms with van der Waals surface area (Å²) >= 11 is 0. The van der Waals surface area contributed by atoms with Gasteiger partial charge >= 0.3 is 11.9 Å². The molecule has 54 heavy (non-hydrogen) atoms. The standard InChI is InChI=1S/2C24H49NO2/c2*1-3-5-7-9-11-15-19-23(18-14-8-6-4-2)22-27-24(26)20-16-12-10-13-17-21-25/h2*23H,3-22,25H2,1-2H3. The third-order valence-electron chi connectivity index (χ3n) is 11.0. The Morgan fingerprint density at radius 2 is 0.593 bits per heavy atom. The molecule has 0 radical (unpaired) electrons. The lowest BCUT2D eigenvalue weighted by atomic mass is 9.95. The van der Waals surface area contributed by atoms with Crippen LogP contribution in [0.3, 0.4) is 0 Å². The minimum atomic E-state index is 0.00956. The van der Waals surface area contributed by atoms with Crippen LogP contribution in [0.1, 0.15) is 259 Å². The van der Waals surface area contributed by atoms with Crippen LogP contribution in [-0.4, -0.2) is 38.2 Å². The maximum atomic E-state index is 12.0. The second kappa shape index (κ2) is 48.0. The number of ether oxygens (including phenoxy) is 2. The highest BCUT2D eigenvalue weighted by atomic mass is 16.5. The zero-order valence-electron chi connectivity index (χ0n) is 37.2. The Morgan fingerprint density at radius 1 is 0.352 bits per heavy atom. The predicted molar refractivity (Wildman–Crippen MR) is 236 cm³/mol. The Morgan fingerprint density at radius 3 is 0.889 bits per heavy atom. The summed E-state index contributed by atoms with van der Waals surface area (Å²) in [4.78, 5) is 24.0. The van der Waals surface area contributed by atoms with E-state index in [9.17, 15) is 9.59 Å². The van der Waals surface area contributed by atoms with E-state index in [0.717, 1.165) is 51.6 Å². The molecule has 0 saturated carbocycles. The number of rotatable bonds is 42. The molecule has 6 nitrogen and oxygen atoms in total. The Kier molecular flexibility index (Phi) is 48.9. The van der Waals surface area contributed by atoms with Crippen LogP contribution in [0.25, 0.3) is 0 Å². The quantitative estimate of drug-likeness (QED) is 0.0473. The van der Waals surface area contributed by atoms with Crippen molar-refractivity contribution in [2.24, 2.45) is 23.3 Å². The Hall–Kier alpha value is -1.14. The molecule has 0 saturated heterocycles. The third kappa shape index (κ3) is 45.3. The van der Waals surface area contributed by atoms with Gasteiger partial charge in [-0.3, -0.25) is 9.59 Å². The van der Waals surface area contributed by atoms with Crippen molar-refractivity contribution in [1.82, 2.24) is 0 Å². The van der Waals surface area contributed by atoms with Crippen LogP contribution in [0.4, 0.5) is 0 Å². The summed E-state index contributed by atoms with van der Waals surface area (Å²) in [6, 6.07) is 0. The van der Waals surface area contributed by atoms with Crippen LogP contribution in [-0.2, 0) is 19.1 Å². The van der Waals surface area contributed by atoms with E-state index in [-0.39, 0.29) is 11.9 Å². The molecule has 0 aromatic carbocycles. The summed E-state index contributed by atoms with van der Waals surface area (Å²) in [5.41, 5.74) is 11.0. The first kappa shape index (κ1) is 55.0. The summed E-state index contributed by atoms with van der Waals surface area (Å²) in [7, 11) is 0. The van der Waals surface area contributed by atoms with Crippen LogP contribution in [0.15, 0.2) is 0 Å². The first-order chi connectivity index (χ1) is 26.5. The number of carbonyl (C=O) groups is 2. The zero-order valence-corrected chi connectivity index (χ0v) is 37.2. The highest BCUT2D eigenvalue weighted by Gasteiger charge is 2.14. The van der Waals surface area contributed by atoms with E-state index in [1.807, 2.05) is 0 Å². The van der Waals surface area contributed by atoms with Crippen LogP contribution in [0.2, 0.25) is 0 Å². The number of unbranched alkanes of at least 4 members (excludes halogenated alkanes) is 24. The second-order valence-electron chi connectivity index (χ2n) is 16.5. The molecule has 0 aromatic heterocycles. The summed E-state index contributed by atoms with van der Waals surface area (Å²) in [5, 5.41) is 0. The van der Waals surface area contributed by atoms with Crippen molar-refractivity contribution in [2.45, 2.75) is 259 Å². The molecule has 6 heteroatoms. The maximum Gasteiger partial charge on any atom is 0.305 e. The topological polar surface area (TPSA) is 105 Å². The molecule has 0 bridgehead atoms. The molecule has 0 aromatic rings. The van der Waals surface area contributed by atoms with Crippen LogP contribution >= 0.6 is 0 Å². The summed E-state index contributed by atoms with van der Waals surface area (Å²) in [6.45, 7) is 11.9. The molecule has 0 amide bonds. The van der Waals surface area contributed by atoms with Crippen LogP contribution in [0.5, 0.6) is 0 Å². The highest BCUT2D eigenvalue weighted by molar-refractivity contribution is 5.69. The fourth-order valence-electron chi connectivity index (χ4n) is 7.22. The first-order valence-corrected chi connectivity index (χ1v) is 24.2. The molecule has 0 aliphatic heterocycles. The van der Waals surface area contributed by atoms with Gasteiger partial charge in [-0.1, -0.05) is 195 Å². The smallest absolute Gasteiger partial charge is 0.305 e. The van der Waals surface area contributed by atoms with Gasteiger partial charge in [0.1, 0.15) is 0 Å². The summed E-state index contributed by atoms with van der Waals surface area (Å²) in [6.07, 6.45) is 43.7. The monoisotopic (exact) mass is 767 g/mol. The average molecular weight is 767 g/mol. The van der Waals surface area contributed by atoms with Crippen molar-refractivity contribution < 1.29 is 19.1 Å². The molecule has 0 spiro atoms. The van der Waals surface area contributed by atoms with Gasteiger partial charge in [-0.25, -0.2) is 0 Å². The molecule has 0 rings (SSSR count). The molecule has 2 atom stereocenters. The Bertz CT molecular complexity index is 674. The van der Waals surface area contributed by atoms with Crippen LogP contribution in [0, 0.1) is 11.8 Å². The molecule has 4 N–H and O–H groups in total. The summed E-state index contributed by atoms with van der Waals surface area (Å²) < 4.78 is 11.3. The van der Waals surface area contributed by atoms with Crippen molar-refractivity contribution in [3.63, 3.8) is 0 Å². The van der Waals surface area contributed by atoms with Gasteiger partial charge in [0.05, 0.1) is 13.2 Å². The number of esters is 2.